The molecule has 0 radical (unpaired) electrons. The summed E-state index contributed by atoms with van der Waals surface area (Å²) in [6.45, 7) is 3.30. The topological polar surface area (TPSA) is 95.9 Å². The predicted molar refractivity (Wildman–Crippen MR) is 174 cm³/mol. The van der Waals surface area contributed by atoms with E-state index in [4.69, 9.17) is 20.9 Å². The van der Waals surface area contributed by atoms with Gasteiger partial charge in [-0.05, 0) is 68.7 Å². The van der Waals surface area contributed by atoms with Crippen LogP contribution in [0.15, 0.2) is 24.3 Å². The van der Waals surface area contributed by atoms with Crippen molar-refractivity contribution in [1.29, 1.82) is 0 Å². The lowest BCUT2D eigenvalue weighted by Crippen LogP contribution is -2.60. The number of piperidine rings is 1. The molecule has 3 saturated heterocycles. The molecule has 12 heteroatoms. The van der Waals surface area contributed by atoms with Crippen LogP contribution in [0.25, 0.3) is 32.9 Å². The molecule has 4 aliphatic heterocycles. The summed E-state index contributed by atoms with van der Waals surface area (Å²) in [4.78, 5) is 18.5. The van der Waals surface area contributed by atoms with Gasteiger partial charge in [-0.3, -0.25) is 4.90 Å². The summed E-state index contributed by atoms with van der Waals surface area (Å²) in [5.41, 5.74) is -0.304. The second kappa shape index (κ2) is 11.1. The van der Waals surface area contributed by atoms with Crippen LogP contribution in [0.1, 0.15) is 44.1 Å². The van der Waals surface area contributed by atoms with Crippen LogP contribution in [0.3, 0.4) is 0 Å². The van der Waals surface area contributed by atoms with Crippen molar-refractivity contribution >= 4 is 27.5 Å². The average molecular weight is 657 g/mol. The maximum atomic E-state index is 17.0. The van der Waals surface area contributed by atoms with Gasteiger partial charge in [-0.15, -0.1) is 6.42 Å². The molecule has 0 spiro atoms. The number of fused-ring (bicyclic) bond motifs is 6. The van der Waals surface area contributed by atoms with E-state index >= 15 is 4.39 Å². The number of nitrogens with one attached hydrogen (secondary N) is 1. The predicted octanol–water partition coefficient (Wildman–Crippen LogP) is 5.10. The Morgan fingerprint density at radius 1 is 1.10 bits per heavy atom. The van der Waals surface area contributed by atoms with Gasteiger partial charge in [-0.2, -0.15) is 9.97 Å². The molecule has 0 amide bonds. The number of aromatic nitrogens is 3. The molecule has 4 aromatic rings. The molecule has 9 rings (SSSR count). The molecule has 2 N–H and O–H groups in total. The molecule has 2 bridgehead atoms. The molecular weight excluding hydrogens is 621 g/mol. The summed E-state index contributed by atoms with van der Waals surface area (Å²) in [6.07, 6.45) is 10.3. The van der Waals surface area contributed by atoms with E-state index < -0.39 is 17.8 Å². The molecule has 0 unspecified atom stereocenters. The normalized spacial score (nSPS) is 25.8. The SMILES string of the molecule is C#Cc1c(F)ccc2cc(O)cc(-c3nc4c5c(nc(OCC6(CN7CCC[C@@H](F)C7)CC6)nc5c3F)N3C[C@H]5CC[C@H](N5)[C@H]3CO4)c12. The highest BCUT2D eigenvalue weighted by Crippen LogP contribution is 2.48. The summed E-state index contributed by atoms with van der Waals surface area (Å²) in [6, 6.07) is 5.85. The van der Waals surface area contributed by atoms with E-state index in [9.17, 15) is 13.9 Å². The Balaban J connectivity index is 1.18. The molecule has 248 valence electrons. The Bertz CT molecular complexity index is 2020. The number of aromatic hydroxyl groups is 1. The quantitative estimate of drug-likeness (QED) is 0.275. The molecule has 48 heavy (non-hydrogen) atoms. The Kier molecular flexibility index (Phi) is 6.89. The van der Waals surface area contributed by atoms with Gasteiger partial charge in [0.25, 0.3) is 0 Å². The molecule has 5 aliphatic rings. The van der Waals surface area contributed by atoms with Gasteiger partial charge in [-0.1, -0.05) is 12.0 Å². The third kappa shape index (κ3) is 4.89. The van der Waals surface area contributed by atoms with E-state index in [1.807, 2.05) is 0 Å². The van der Waals surface area contributed by atoms with Crippen LogP contribution < -0.4 is 19.7 Å². The van der Waals surface area contributed by atoms with Crippen molar-refractivity contribution < 1.29 is 27.8 Å². The Labute approximate surface area is 275 Å². The molecule has 2 aromatic heterocycles. The van der Waals surface area contributed by atoms with Gasteiger partial charge in [0.15, 0.2) is 5.82 Å². The number of benzene rings is 2. The number of terminal acetylenes is 1. The minimum Gasteiger partial charge on any atom is -0.508 e. The first-order chi connectivity index (χ1) is 23.3. The Morgan fingerprint density at radius 3 is 2.79 bits per heavy atom. The van der Waals surface area contributed by atoms with Gasteiger partial charge in [-0.25, -0.2) is 18.2 Å². The number of pyridine rings is 1. The van der Waals surface area contributed by atoms with E-state index in [0.717, 1.165) is 45.2 Å². The van der Waals surface area contributed by atoms with Crippen molar-refractivity contribution in [3.63, 3.8) is 0 Å². The van der Waals surface area contributed by atoms with E-state index in [1.54, 1.807) is 0 Å². The summed E-state index contributed by atoms with van der Waals surface area (Å²) in [5, 5.41) is 15.3. The van der Waals surface area contributed by atoms with Crippen LogP contribution in [0.2, 0.25) is 0 Å². The van der Waals surface area contributed by atoms with Crippen molar-refractivity contribution in [2.24, 2.45) is 5.41 Å². The van der Waals surface area contributed by atoms with Crippen LogP contribution in [0.4, 0.5) is 19.0 Å². The molecule has 6 heterocycles. The molecule has 4 atom stereocenters. The maximum Gasteiger partial charge on any atom is 0.319 e. The van der Waals surface area contributed by atoms with Crippen LogP contribution >= 0.6 is 0 Å². The largest absolute Gasteiger partial charge is 0.508 e. The molecular formula is C36H35F3N6O3. The summed E-state index contributed by atoms with van der Waals surface area (Å²) < 4.78 is 58.8. The number of phenols is 1. The first-order valence-corrected chi connectivity index (χ1v) is 16.8. The number of nitrogens with zero attached hydrogens (tertiary/aromatic N) is 5. The number of ether oxygens (including phenoxy) is 2. The molecule has 1 saturated carbocycles. The van der Waals surface area contributed by atoms with Gasteiger partial charge in [0.05, 0.1) is 18.2 Å². The zero-order valence-corrected chi connectivity index (χ0v) is 26.3. The summed E-state index contributed by atoms with van der Waals surface area (Å²) in [5.74, 6) is 1.44. The van der Waals surface area contributed by atoms with Gasteiger partial charge < -0.3 is 24.8 Å². The first-order valence-electron chi connectivity index (χ1n) is 16.8. The summed E-state index contributed by atoms with van der Waals surface area (Å²) in [7, 11) is 0. The van der Waals surface area contributed by atoms with Gasteiger partial charge >= 0.3 is 6.01 Å². The van der Waals surface area contributed by atoms with E-state index in [0.29, 0.717) is 42.7 Å². The third-order valence-electron chi connectivity index (χ3n) is 10.9. The lowest BCUT2D eigenvalue weighted by Gasteiger charge is -2.40. The van der Waals surface area contributed by atoms with Crippen molar-refractivity contribution in [2.45, 2.75) is 62.8 Å². The minimum atomic E-state index is -0.808. The number of piperazine rings is 1. The van der Waals surface area contributed by atoms with Crippen molar-refractivity contribution in [3.05, 3.63) is 41.5 Å². The van der Waals surface area contributed by atoms with Gasteiger partial charge in [0, 0.05) is 48.1 Å². The lowest BCUT2D eigenvalue weighted by atomic mass is 9.95. The van der Waals surface area contributed by atoms with Crippen molar-refractivity contribution in [1.82, 2.24) is 25.2 Å². The fourth-order valence-electron chi connectivity index (χ4n) is 8.27. The Hall–Kier alpha value is -4.34. The third-order valence-corrected chi connectivity index (χ3v) is 10.9. The van der Waals surface area contributed by atoms with Crippen molar-refractivity contribution in [3.8, 4) is 41.2 Å². The van der Waals surface area contributed by atoms with E-state index in [1.165, 1.54) is 24.3 Å². The number of anilines is 1. The number of phenolic OH excluding ortho intramolecular Hbond substituents is 1. The van der Waals surface area contributed by atoms with Gasteiger partial charge in [0.1, 0.15) is 46.8 Å². The van der Waals surface area contributed by atoms with Crippen LogP contribution in [0, 0.1) is 29.4 Å². The highest BCUT2D eigenvalue weighted by Gasteiger charge is 2.47. The van der Waals surface area contributed by atoms with Gasteiger partial charge in [0.2, 0.25) is 5.88 Å². The number of likely N-dealkylation sites (tertiary alicyclic amines) is 1. The zero-order valence-electron chi connectivity index (χ0n) is 26.3. The maximum absolute atomic E-state index is 17.0. The highest BCUT2D eigenvalue weighted by molar-refractivity contribution is 6.04. The van der Waals surface area contributed by atoms with E-state index in [-0.39, 0.29) is 75.5 Å². The smallest absolute Gasteiger partial charge is 0.319 e. The molecule has 1 aliphatic carbocycles. The first kappa shape index (κ1) is 29.8. The summed E-state index contributed by atoms with van der Waals surface area (Å²) >= 11 is 0. The molecule has 2 aromatic carbocycles. The highest BCUT2D eigenvalue weighted by atomic mass is 19.1. The van der Waals surface area contributed by atoms with Crippen LogP contribution in [-0.2, 0) is 0 Å². The fourth-order valence-corrected chi connectivity index (χ4v) is 8.27. The number of hydrogen-bond donors (Lipinski definition) is 2. The van der Waals surface area contributed by atoms with Crippen LogP contribution in [-0.4, -0.2) is 88.6 Å². The monoisotopic (exact) mass is 656 g/mol. The minimum absolute atomic E-state index is 0.0374. The number of hydrogen-bond acceptors (Lipinski definition) is 9. The average Bonchev–Trinajstić information content (AvgIpc) is 3.76. The lowest BCUT2D eigenvalue weighted by molar-refractivity contribution is 0.0974. The molecule has 4 fully saturated rings. The second-order valence-corrected chi connectivity index (χ2v) is 14.1. The number of rotatable bonds is 6. The van der Waals surface area contributed by atoms with Crippen molar-refractivity contribution in [2.75, 3.05) is 44.3 Å². The van der Waals surface area contributed by atoms with E-state index in [2.05, 4.69) is 31.0 Å². The zero-order chi connectivity index (χ0) is 32.7. The fraction of sp³-hybridized carbons (Fsp3) is 0.472. The Morgan fingerprint density at radius 2 is 1.98 bits per heavy atom. The van der Waals surface area contributed by atoms with Crippen LogP contribution in [0.5, 0.6) is 17.6 Å². The molecule has 9 nitrogen and oxygen atoms in total. The number of alkyl halides is 1. The second-order valence-electron chi connectivity index (χ2n) is 14.1. The standard InChI is InChI=1S/C36H35F3N6O3/c1-2-23-25(38)7-5-19-12-22(46)13-24(28(19)23)31-30(39)32-29-33(45-15-21-6-8-26(40-21)27(45)16-47-34(29)41-31)43-35(42-32)48-18-36(9-10-36)17-44-11-3-4-20(37)14-44/h1,5,7,12-13,20-21,26-27,40,46H,3-4,6,8-11,14-18H2/t20-,21-,26+,27-/m1/s1. The number of halogens is 3.